The number of rotatable bonds is 7. The van der Waals surface area contributed by atoms with Gasteiger partial charge in [-0.1, -0.05) is 103 Å². The minimum Gasteiger partial charge on any atom is -0.314 e. The molecule has 0 aliphatic heterocycles. The van der Waals surface area contributed by atoms with Crippen LogP contribution in [-0.2, 0) is 6.42 Å². The SMILES string of the molecule is C1=CCCC(N(c2ccc(-c3ccc(N(c4ccccc4)c4ccc5c(c4)C=CCC5)cc3)cc2)c2ccc3ccccc3c2)=C1. The van der Waals surface area contributed by atoms with E-state index in [0.29, 0.717) is 0 Å². The van der Waals surface area contributed by atoms with Gasteiger partial charge in [-0.05, 0) is 125 Å². The van der Waals surface area contributed by atoms with Crippen molar-refractivity contribution in [3.05, 3.63) is 181 Å². The molecule has 6 aromatic carbocycles. The topological polar surface area (TPSA) is 6.48 Å². The lowest BCUT2D eigenvalue weighted by molar-refractivity contribution is 0.918. The fourth-order valence-electron chi connectivity index (χ4n) is 6.76. The highest BCUT2D eigenvalue weighted by Gasteiger charge is 2.17. The van der Waals surface area contributed by atoms with E-state index in [1.807, 2.05) is 0 Å². The maximum absolute atomic E-state index is 2.41. The second-order valence-electron chi connectivity index (χ2n) is 12.1. The molecule has 0 saturated heterocycles. The standard InChI is InChI=1S/C44H36N2/c1-3-15-39(16-4-1)45(43-29-23-33-11-7-9-13-37(33)31-43)41-25-19-35(20-26-41)36-21-27-42(28-22-36)46(40-17-5-2-6-18-40)44-30-24-34-12-8-10-14-38(34)32-44/h1-5,8-10,12-17,19-32H,6-7,11,18H2. The first-order valence-electron chi connectivity index (χ1n) is 16.3. The van der Waals surface area contributed by atoms with Crippen LogP contribution in [0.5, 0.6) is 0 Å². The van der Waals surface area contributed by atoms with Crippen molar-refractivity contribution in [1.29, 1.82) is 0 Å². The molecule has 0 fully saturated rings. The zero-order chi connectivity index (χ0) is 30.7. The van der Waals surface area contributed by atoms with Crippen molar-refractivity contribution in [2.24, 2.45) is 0 Å². The van der Waals surface area contributed by atoms with Gasteiger partial charge >= 0.3 is 0 Å². The summed E-state index contributed by atoms with van der Waals surface area (Å²) < 4.78 is 0. The normalized spacial score (nSPS) is 13.7. The third kappa shape index (κ3) is 5.55. The van der Waals surface area contributed by atoms with E-state index < -0.39 is 0 Å². The Balaban J connectivity index is 1.11. The molecule has 0 N–H and O–H groups in total. The fraction of sp³-hybridized carbons (Fsp3) is 0.0909. The van der Waals surface area contributed by atoms with Gasteiger partial charge in [0, 0.05) is 34.1 Å². The second kappa shape index (κ2) is 12.4. The van der Waals surface area contributed by atoms with E-state index in [0.717, 1.165) is 37.1 Å². The minimum absolute atomic E-state index is 1.02. The molecule has 0 radical (unpaired) electrons. The van der Waals surface area contributed by atoms with Crippen LogP contribution in [0.4, 0.5) is 28.4 Å². The van der Waals surface area contributed by atoms with Gasteiger partial charge in [-0.25, -0.2) is 0 Å². The molecule has 0 amide bonds. The van der Waals surface area contributed by atoms with Crippen molar-refractivity contribution in [3.8, 4) is 11.1 Å². The lowest BCUT2D eigenvalue weighted by Crippen LogP contribution is -2.17. The molecule has 0 spiro atoms. The van der Waals surface area contributed by atoms with E-state index in [2.05, 4.69) is 180 Å². The van der Waals surface area contributed by atoms with Crippen molar-refractivity contribution in [1.82, 2.24) is 0 Å². The molecule has 0 aromatic heterocycles. The number of hydrogen-bond acceptors (Lipinski definition) is 2. The van der Waals surface area contributed by atoms with Crippen LogP contribution in [0.25, 0.3) is 28.0 Å². The maximum Gasteiger partial charge on any atom is 0.0467 e. The van der Waals surface area contributed by atoms with Crippen LogP contribution in [0.2, 0.25) is 0 Å². The maximum atomic E-state index is 2.41. The Hall–Kier alpha value is -5.60. The van der Waals surface area contributed by atoms with Crippen LogP contribution < -0.4 is 9.80 Å². The van der Waals surface area contributed by atoms with Crippen LogP contribution in [0.15, 0.2) is 170 Å². The van der Waals surface area contributed by atoms with Crippen LogP contribution in [0, 0.1) is 0 Å². The fourth-order valence-corrected chi connectivity index (χ4v) is 6.76. The molecule has 2 aliphatic rings. The van der Waals surface area contributed by atoms with E-state index in [1.54, 1.807) is 0 Å². The number of para-hydroxylation sites is 1. The molecule has 2 aliphatic carbocycles. The highest BCUT2D eigenvalue weighted by molar-refractivity contribution is 5.88. The molecule has 0 unspecified atom stereocenters. The monoisotopic (exact) mass is 592 g/mol. The van der Waals surface area contributed by atoms with Crippen molar-refractivity contribution >= 4 is 45.3 Å². The quantitative estimate of drug-likeness (QED) is 0.182. The zero-order valence-electron chi connectivity index (χ0n) is 25.9. The number of nitrogens with zero attached hydrogens (tertiary/aromatic N) is 2. The van der Waals surface area contributed by atoms with Crippen LogP contribution in [0.1, 0.15) is 30.4 Å². The average Bonchev–Trinajstić information content (AvgIpc) is 3.13. The molecular formula is C44H36N2. The predicted molar refractivity (Wildman–Crippen MR) is 196 cm³/mol. The summed E-state index contributed by atoms with van der Waals surface area (Å²) in [4.78, 5) is 4.76. The third-order valence-corrected chi connectivity index (χ3v) is 9.13. The van der Waals surface area contributed by atoms with Gasteiger partial charge in [0.25, 0.3) is 0 Å². The van der Waals surface area contributed by atoms with Crippen LogP contribution in [0.3, 0.4) is 0 Å². The summed E-state index contributed by atoms with van der Waals surface area (Å²) >= 11 is 0. The zero-order valence-corrected chi connectivity index (χ0v) is 25.9. The number of hydrogen-bond donors (Lipinski definition) is 0. The van der Waals surface area contributed by atoms with Crippen LogP contribution in [-0.4, -0.2) is 0 Å². The Morgan fingerprint density at radius 1 is 0.435 bits per heavy atom. The largest absolute Gasteiger partial charge is 0.314 e. The van der Waals surface area contributed by atoms with Gasteiger partial charge in [0.1, 0.15) is 0 Å². The average molecular weight is 593 g/mol. The van der Waals surface area contributed by atoms with Crippen molar-refractivity contribution < 1.29 is 0 Å². The molecule has 222 valence electrons. The van der Waals surface area contributed by atoms with Gasteiger partial charge in [0.2, 0.25) is 0 Å². The first-order valence-corrected chi connectivity index (χ1v) is 16.3. The highest BCUT2D eigenvalue weighted by atomic mass is 15.2. The summed E-state index contributed by atoms with van der Waals surface area (Å²) in [5.41, 5.74) is 12.3. The smallest absolute Gasteiger partial charge is 0.0467 e. The van der Waals surface area contributed by atoms with Gasteiger partial charge in [-0.15, -0.1) is 0 Å². The molecule has 6 aromatic rings. The molecule has 2 nitrogen and oxygen atoms in total. The molecular weight excluding hydrogens is 556 g/mol. The minimum atomic E-state index is 1.02. The first kappa shape index (κ1) is 27.9. The number of fused-ring (bicyclic) bond motifs is 2. The molecule has 0 bridgehead atoms. The Labute approximate surface area is 271 Å². The van der Waals surface area contributed by atoms with Crippen molar-refractivity contribution in [2.75, 3.05) is 9.80 Å². The Bertz CT molecular complexity index is 2080. The van der Waals surface area contributed by atoms with Crippen molar-refractivity contribution in [2.45, 2.75) is 25.7 Å². The molecule has 46 heavy (non-hydrogen) atoms. The van der Waals surface area contributed by atoms with Crippen molar-refractivity contribution in [3.63, 3.8) is 0 Å². The Kier molecular flexibility index (Phi) is 7.54. The lowest BCUT2D eigenvalue weighted by Gasteiger charge is -2.29. The van der Waals surface area contributed by atoms with Crippen LogP contribution >= 0.6 is 0 Å². The van der Waals surface area contributed by atoms with E-state index >= 15 is 0 Å². The Morgan fingerprint density at radius 3 is 1.78 bits per heavy atom. The predicted octanol–water partition coefficient (Wildman–Crippen LogP) is 12.3. The summed E-state index contributed by atoms with van der Waals surface area (Å²) in [7, 11) is 0. The summed E-state index contributed by atoms with van der Waals surface area (Å²) in [6.45, 7) is 0. The van der Waals surface area contributed by atoms with Gasteiger partial charge < -0.3 is 9.80 Å². The molecule has 2 heteroatoms. The van der Waals surface area contributed by atoms with E-state index in [-0.39, 0.29) is 0 Å². The summed E-state index contributed by atoms with van der Waals surface area (Å²) in [5.74, 6) is 0. The number of anilines is 5. The first-order chi connectivity index (χ1) is 22.8. The van der Waals surface area contributed by atoms with Gasteiger partial charge in [-0.2, -0.15) is 0 Å². The molecule has 0 heterocycles. The number of allylic oxidation sites excluding steroid dienone is 5. The van der Waals surface area contributed by atoms with Gasteiger partial charge in [0.15, 0.2) is 0 Å². The Morgan fingerprint density at radius 2 is 1.04 bits per heavy atom. The molecule has 0 atom stereocenters. The molecule has 8 rings (SSSR count). The third-order valence-electron chi connectivity index (χ3n) is 9.13. The molecule has 0 saturated carbocycles. The van der Waals surface area contributed by atoms with E-state index in [9.17, 15) is 0 Å². The van der Waals surface area contributed by atoms with E-state index in [1.165, 1.54) is 55.8 Å². The summed E-state index contributed by atoms with van der Waals surface area (Å²) in [5, 5.41) is 2.52. The summed E-state index contributed by atoms with van der Waals surface area (Å²) in [6.07, 6.45) is 15.5. The number of benzene rings is 6. The highest BCUT2D eigenvalue weighted by Crippen LogP contribution is 2.39. The summed E-state index contributed by atoms with van der Waals surface area (Å²) in [6, 6.07) is 50.9. The number of aryl methyl sites for hydroxylation is 1. The second-order valence-corrected chi connectivity index (χ2v) is 12.1. The van der Waals surface area contributed by atoms with Gasteiger partial charge in [-0.3, -0.25) is 0 Å². The van der Waals surface area contributed by atoms with E-state index in [4.69, 9.17) is 0 Å². The lowest BCUT2D eigenvalue weighted by atomic mass is 9.96. The van der Waals surface area contributed by atoms with Gasteiger partial charge in [0.05, 0.1) is 0 Å².